The molecule has 1 amide bonds. The van der Waals surface area contributed by atoms with Crippen LogP contribution in [0.5, 0.6) is 0 Å². The first-order valence-corrected chi connectivity index (χ1v) is 6.99. The number of amides is 1. The van der Waals surface area contributed by atoms with Crippen molar-refractivity contribution in [2.45, 2.75) is 20.8 Å². The van der Waals surface area contributed by atoms with Gasteiger partial charge in [0.1, 0.15) is 0 Å². The van der Waals surface area contributed by atoms with E-state index in [1.165, 1.54) is 12.1 Å². The van der Waals surface area contributed by atoms with E-state index < -0.39 is 5.97 Å². The standard InChI is InChI=1S/C15H23N3O3/c1-4-18(9-14(19)17-8-10(2)3)13-6-5-11(15(20)21)7-12(13)16/h5-7,10H,4,8-9,16H2,1-3H3,(H,17,19)(H,20,21). The molecule has 0 atom stereocenters. The molecule has 0 unspecified atom stereocenters. The summed E-state index contributed by atoms with van der Waals surface area (Å²) in [6, 6.07) is 4.53. The zero-order chi connectivity index (χ0) is 16.0. The van der Waals surface area contributed by atoms with Crippen LogP contribution in [0.3, 0.4) is 0 Å². The molecular formula is C15H23N3O3. The molecule has 0 fully saturated rings. The Morgan fingerprint density at radius 2 is 2.05 bits per heavy atom. The fourth-order valence-corrected chi connectivity index (χ4v) is 1.89. The maximum Gasteiger partial charge on any atom is 0.335 e. The third-order valence-electron chi connectivity index (χ3n) is 3.04. The summed E-state index contributed by atoms with van der Waals surface area (Å²) < 4.78 is 0. The van der Waals surface area contributed by atoms with Gasteiger partial charge in [-0.05, 0) is 31.0 Å². The van der Waals surface area contributed by atoms with E-state index in [0.29, 0.717) is 30.4 Å². The normalized spacial score (nSPS) is 10.5. The van der Waals surface area contributed by atoms with Crippen LogP contribution in [0.4, 0.5) is 11.4 Å². The van der Waals surface area contributed by atoms with Crippen LogP contribution in [0.25, 0.3) is 0 Å². The van der Waals surface area contributed by atoms with Gasteiger partial charge in [-0.1, -0.05) is 13.8 Å². The number of hydrogen-bond donors (Lipinski definition) is 3. The molecule has 0 saturated heterocycles. The monoisotopic (exact) mass is 293 g/mol. The number of carboxylic acid groups (broad SMARTS) is 1. The summed E-state index contributed by atoms with van der Waals surface area (Å²) in [7, 11) is 0. The van der Waals surface area contributed by atoms with Crippen molar-refractivity contribution in [3.63, 3.8) is 0 Å². The van der Waals surface area contributed by atoms with Crippen LogP contribution in [0.1, 0.15) is 31.1 Å². The molecule has 1 rings (SSSR count). The molecule has 6 nitrogen and oxygen atoms in total. The van der Waals surface area contributed by atoms with Crippen LogP contribution in [0.2, 0.25) is 0 Å². The molecule has 0 heterocycles. The van der Waals surface area contributed by atoms with Gasteiger partial charge < -0.3 is 21.1 Å². The van der Waals surface area contributed by atoms with Crippen molar-refractivity contribution < 1.29 is 14.7 Å². The molecular weight excluding hydrogens is 270 g/mol. The SMILES string of the molecule is CCN(CC(=O)NCC(C)C)c1ccc(C(=O)O)cc1N. The smallest absolute Gasteiger partial charge is 0.335 e. The van der Waals surface area contributed by atoms with Gasteiger partial charge in [0, 0.05) is 13.1 Å². The number of aromatic carboxylic acids is 1. The van der Waals surface area contributed by atoms with E-state index in [0.717, 1.165) is 0 Å². The molecule has 6 heteroatoms. The van der Waals surface area contributed by atoms with Gasteiger partial charge in [0.25, 0.3) is 0 Å². The molecule has 1 aromatic rings. The lowest BCUT2D eigenvalue weighted by atomic mass is 10.1. The van der Waals surface area contributed by atoms with Crippen molar-refractivity contribution >= 4 is 23.3 Å². The van der Waals surface area contributed by atoms with Crippen molar-refractivity contribution in [3.8, 4) is 0 Å². The zero-order valence-electron chi connectivity index (χ0n) is 12.7. The van der Waals surface area contributed by atoms with E-state index in [1.807, 2.05) is 25.7 Å². The van der Waals surface area contributed by atoms with Crippen molar-refractivity contribution in [1.82, 2.24) is 5.32 Å². The first kappa shape index (κ1) is 16.8. The molecule has 116 valence electrons. The van der Waals surface area contributed by atoms with Gasteiger partial charge in [-0.15, -0.1) is 0 Å². The Bertz CT molecular complexity index is 515. The number of carbonyl (C=O) groups excluding carboxylic acids is 1. The van der Waals surface area contributed by atoms with Crippen molar-refractivity contribution in [2.75, 3.05) is 30.3 Å². The second-order valence-corrected chi connectivity index (χ2v) is 5.29. The average Bonchev–Trinajstić information content (AvgIpc) is 2.42. The fourth-order valence-electron chi connectivity index (χ4n) is 1.89. The number of carboxylic acids is 1. The van der Waals surface area contributed by atoms with Crippen LogP contribution >= 0.6 is 0 Å². The van der Waals surface area contributed by atoms with Crippen LogP contribution in [0, 0.1) is 5.92 Å². The summed E-state index contributed by atoms with van der Waals surface area (Å²) in [5, 5.41) is 11.8. The van der Waals surface area contributed by atoms with Crippen molar-refractivity contribution in [3.05, 3.63) is 23.8 Å². The lowest BCUT2D eigenvalue weighted by Gasteiger charge is -2.24. The maximum absolute atomic E-state index is 11.9. The van der Waals surface area contributed by atoms with Gasteiger partial charge in [0.2, 0.25) is 5.91 Å². The lowest BCUT2D eigenvalue weighted by molar-refractivity contribution is -0.119. The van der Waals surface area contributed by atoms with Crippen LogP contribution < -0.4 is 16.0 Å². The van der Waals surface area contributed by atoms with Gasteiger partial charge in [-0.2, -0.15) is 0 Å². The molecule has 0 aliphatic rings. The second-order valence-electron chi connectivity index (χ2n) is 5.29. The molecule has 0 aliphatic carbocycles. The highest BCUT2D eigenvalue weighted by molar-refractivity contribution is 5.91. The summed E-state index contributed by atoms with van der Waals surface area (Å²) in [6.07, 6.45) is 0. The predicted molar refractivity (Wildman–Crippen MR) is 83.5 cm³/mol. The van der Waals surface area contributed by atoms with Crippen LogP contribution in [0.15, 0.2) is 18.2 Å². The average molecular weight is 293 g/mol. The highest BCUT2D eigenvalue weighted by Crippen LogP contribution is 2.24. The van der Waals surface area contributed by atoms with Gasteiger partial charge in [0.05, 0.1) is 23.5 Å². The molecule has 0 aliphatic heterocycles. The number of likely N-dealkylation sites (N-methyl/N-ethyl adjacent to an activating group) is 1. The number of hydrogen-bond acceptors (Lipinski definition) is 4. The number of anilines is 2. The summed E-state index contributed by atoms with van der Waals surface area (Å²) in [5.74, 6) is -0.706. The first-order chi connectivity index (χ1) is 9.85. The molecule has 4 N–H and O–H groups in total. The summed E-state index contributed by atoms with van der Waals surface area (Å²) in [5.41, 5.74) is 7.06. The molecule has 0 spiro atoms. The first-order valence-electron chi connectivity index (χ1n) is 6.99. The zero-order valence-corrected chi connectivity index (χ0v) is 12.7. The van der Waals surface area contributed by atoms with Crippen molar-refractivity contribution in [1.29, 1.82) is 0 Å². The Labute approximate surface area is 124 Å². The summed E-state index contributed by atoms with van der Waals surface area (Å²) >= 11 is 0. The number of nitrogens with zero attached hydrogens (tertiary/aromatic N) is 1. The Morgan fingerprint density at radius 3 is 2.52 bits per heavy atom. The number of carbonyl (C=O) groups is 2. The Morgan fingerprint density at radius 1 is 1.38 bits per heavy atom. The molecule has 0 radical (unpaired) electrons. The third kappa shape index (κ3) is 4.98. The van der Waals surface area contributed by atoms with E-state index >= 15 is 0 Å². The van der Waals surface area contributed by atoms with E-state index in [9.17, 15) is 9.59 Å². The summed E-state index contributed by atoms with van der Waals surface area (Å²) in [6.45, 7) is 7.40. The highest BCUT2D eigenvalue weighted by Gasteiger charge is 2.14. The molecule has 21 heavy (non-hydrogen) atoms. The largest absolute Gasteiger partial charge is 0.478 e. The highest BCUT2D eigenvalue weighted by atomic mass is 16.4. The minimum absolute atomic E-state index is 0.0766. The minimum Gasteiger partial charge on any atom is -0.478 e. The Balaban J connectivity index is 2.80. The van der Waals surface area contributed by atoms with Crippen LogP contribution in [-0.2, 0) is 4.79 Å². The fraction of sp³-hybridized carbons (Fsp3) is 0.467. The minimum atomic E-state index is -1.02. The third-order valence-corrected chi connectivity index (χ3v) is 3.04. The molecule has 1 aromatic carbocycles. The van der Waals surface area contributed by atoms with E-state index in [2.05, 4.69) is 5.32 Å². The summed E-state index contributed by atoms with van der Waals surface area (Å²) in [4.78, 5) is 24.6. The number of benzene rings is 1. The number of nitrogen functional groups attached to an aromatic ring is 1. The maximum atomic E-state index is 11.9. The quantitative estimate of drug-likeness (QED) is 0.663. The van der Waals surface area contributed by atoms with Crippen molar-refractivity contribution in [2.24, 2.45) is 5.92 Å². The van der Waals surface area contributed by atoms with E-state index in [1.54, 1.807) is 6.07 Å². The number of nitrogens with one attached hydrogen (secondary N) is 1. The number of rotatable bonds is 7. The van der Waals surface area contributed by atoms with Crippen LogP contribution in [-0.4, -0.2) is 36.6 Å². The van der Waals surface area contributed by atoms with Gasteiger partial charge in [0.15, 0.2) is 0 Å². The van der Waals surface area contributed by atoms with E-state index in [4.69, 9.17) is 10.8 Å². The van der Waals surface area contributed by atoms with Gasteiger partial charge in [-0.25, -0.2) is 4.79 Å². The molecule has 0 aromatic heterocycles. The Hall–Kier alpha value is -2.24. The topological polar surface area (TPSA) is 95.7 Å². The van der Waals surface area contributed by atoms with E-state index in [-0.39, 0.29) is 18.0 Å². The second kappa shape index (κ2) is 7.52. The molecule has 0 saturated carbocycles. The van der Waals surface area contributed by atoms with Gasteiger partial charge >= 0.3 is 5.97 Å². The Kier molecular flexibility index (Phi) is 6.02. The predicted octanol–water partition coefficient (Wildman–Crippen LogP) is 1.57. The lowest BCUT2D eigenvalue weighted by Crippen LogP contribution is -2.38. The van der Waals surface area contributed by atoms with Gasteiger partial charge in [-0.3, -0.25) is 4.79 Å². The molecule has 0 bridgehead atoms. The number of nitrogens with two attached hydrogens (primary N) is 1.